The van der Waals surface area contributed by atoms with E-state index >= 15 is 0 Å². The molecule has 0 bridgehead atoms. The highest BCUT2D eigenvalue weighted by atomic mass is 19.1. The van der Waals surface area contributed by atoms with E-state index in [4.69, 9.17) is 0 Å². The predicted molar refractivity (Wildman–Crippen MR) is 30.5 cm³/mol. The summed E-state index contributed by atoms with van der Waals surface area (Å²) in [6, 6.07) is 2.45. The normalized spacial score (nSPS) is 10.8. The lowest BCUT2D eigenvalue weighted by atomic mass is 10.5. The van der Waals surface area contributed by atoms with Gasteiger partial charge < -0.3 is 9.40 Å². The van der Waals surface area contributed by atoms with E-state index in [-0.39, 0.29) is 0 Å². The van der Waals surface area contributed by atoms with Crippen molar-refractivity contribution in [1.82, 2.24) is 4.98 Å². The number of rotatable bonds is 0. The van der Waals surface area contributed by atoms with Crippen molar-refractivity contribution in [2.24, 2.45) is 0 Å². The lowest BCUT2D eigenvalue weighted by Gasteiger charge is -1.69. The zero-order valence-corrected chi connectivity index (χ0v) is 4.52. The number of fused-ring (bicyclic) bond motifs is 1. The zero-order chi connectivity index (χ0) is 6.27. The molecule has 46 valence electrons. The minimum absolute atomic E-state index is 0.545. The van der Waals surface area contributed by atoms with Gasteiger partial charge in [0.1, 0.15) is 0 Å². The van der Waals surface area contributed by atoms with Crippen LogP contribution in [-0.4, -0.2) is 4.98 Å². The van der Waals surface area contributed by atoms with Crippen LogP contribution in [0.25, 0.3) is 11.1 Å². The zero-order valence-electron chi connectivity index (χ0n) is 4.52. The van der Waals surface area contributed by atoms with E-state index in [0.29, 0.717) is 11.1 Å². The van der Waals surface area contributed by atoms with Gasteiger partial charge in [0, 0.05) is 12.3 Å². The second kappa shape index (κ2) is 1.37. The van der Waals surface area contributed by atoms with Crippen molar-refractivity contribution in [2.45, 2.75) is 0 Å². The van der Waals surface area contributed by atoms with Crippen molar-refractivity contribution in [3.05, 3.63) is 24.3 Å². The molecule has 0 atom stereocenters. The fourth-order valence-electron chi connectivity index (χ4n) is 0.818. The highest BCUT2D eigenvalue weighted by Crippen LogP contribution is 2.15. The molecule has 3 heteroatoms. The van der Waals surface area contributed by atoms with Crippen LogP contribution < -0.4 is 0 Å². The molecule has 0 aliphatic heterocycles. The second-order valence-corrected chi connectivity index (χ2v) is 1.81. The summed E-state index contributed by atoms with van der Waals surface area (Å²) in [5.74, 6) is 0. The number of halogens is 1. The van der Waals surface area contributed by atoms with E-state index in [2.05, 4.69) is 9.40 Å². The Morgan fingerprint density at radius 3 is 3.22 bits per heavy atom. The third-order valence-electron chi connectivity index (χ3n) is 1.20. The van der Waals surface area contributed by atoms with Gasteiger partial charge in [0.2, 0.25) is 0 Å². The topological polar surface area (TPSA) is 28.9 Å². The number of furan rings is 1. The van der Waals surface area contributed by atoms with Crippen molar-refractivity contribution in [3.8, 4) is 0 Å². The Morgan fingerprint density at radius 1 is 1.56 bits per heavy atom. The van der Waals surface area contributed by atoms with Gasteiger partial charge in [0.05, 0.1) is 5.52 Å². The molecule has 2 aromatic heterocycles. The molecule has 0 spiro atoms. The first-order chi connectivity index (χ1) is 4.36. The minimum Gasteiger partial charge on any atom is -0.429 e. The maximum absolute atomic E-state index is 12.2. The van der Waals surface area contributed by atoms with Gasteiger partial charge in [-0.2, -0.15) is 4.39 Å². The van der Waals surface area contributed by atoms with E-state index in [1.165, 1.54) is 6.07 Å². The summed E-state index contributed by atoms with van der Waals surface area (Å²) in [6.07, 6.45) is 1.70. The van der Waals surface area contributed by atoms with E-state index < -0.39 is 6.01 Å². The van der Waals surface area contributed by atoms with Crippen LogP contribution in [0.5, 0.6) is 0 Å². The Morgan fingerprint density at radius 2 is 2.44 bits per heavy atom. The number of hydrogen-bond donors (Lipinski definition) is 1. The fourth-order valence-corrected chi connectivity index (χ4v) is 0.818. The fraction of sp³-hybridized carbons (Fsp3) is 0. The molecule has 0 amide bonds. The van der Waals surface area contributed by atoms with Gasteiger partial charge in [0.15, 0.2) is 5.58 Å². The van der Waals surface area contributed by atoms with Crippen molar-refractivity contribution >= 4 is 11.1 Å². The Kier molecular flexibility index (Phi) is 0.704. The van der Waals surface area contributed by atoms with Gasteiger partial charge in [0.25, 0.3) is 6.01 Å². The molecule has 9 heavy (non-hydrogen) atoms. The van der Waals surface area contributed by atoms with Gasteiger partial charge in [-0.25, -0.2) is 0 Å². The molecule has 0 saturated carbocycles. The first kappa shape index (κ1) is 4.61. The van der Waals surface area contributed by atoms with Crippen molar-refractivity contribution in [1.29, 1.82) is 0 Å². The van der Waals surface area contributed by atoms with Crippen LogP contribution in [0.15, 0.2) is 22.7 Å². The van der Waals surface area contributed by atoms with Crippen molar-refractivity contribution in [2.75, 3.05) is 0 Å². The summed E-state index contributed by atoms with van der Waals surface area (Å²) in [7, 11) is 0. The van der Waals surface area contributed by atoms with Crippen LogP contribution in [0.2, 0.25) is 0 Å². The summed E-state index contributed by atoms with van der Waals surface area (Å²) in [6.45, 7) is 0. The summed E-state index contributed by atoms with van der Waals surface area (Å²) in [4.78, 5) is 2.81. The number of aromatic nitrogens is 1. The van der Waals surface area contributed by atoms with E-state index in [1.807, 2.05) is 0 Å². The number of hydrogen-bond acceptors (Lipinski definition) is 1. The van der Waals surface area contributed by atoms with Gasteiger partial charge in [-0.3, -0.25) is 0 Å². The minimum atomic E-state index is -0.545. The number of aromatic amines is 1. The van der Waals surface area contributed by atoms with E-state index in [0.717, 1.165) is 0 Å². The van der Waals surface area contributed by atoms with E-state index in [1.54, 1.807) is 12.3 Å². The molecule has 0 fully saturated rings. The lowest BCUT2D eigenvalue weighted by molar-refractivity contribution is 0.381. The highest BCUT2D eigenvalue weighted by molar-refractivity contribution is 5.72. The largest absolute Gasteiger partial charge is 0.429 e. The Balaban J connectivity index is 2.92. The molecule has 2 rings (SSSR count). The maximum Gasteiger partial charge on any atom is 0.280 e. The molecule has 0 radical (unpaired) electrons. The molecular weight excluding hydrogens is 121 g/mol. The molecule has 0 unspecified atom stereocenters. The summed E-state index contributed by atoms with van der Waals surface area (Å²) < 4.78 is 16.8. The third-order valence-corrected chi connectivity index (χ3v) is 1.20. The van der Waals surface area contributed by atoms with Crippen LogP contribution in [0.1, 0.15) is 0 Å². The summed E-state index contributed by atoms with van der Waals surface area (Å²) in [5.41, 5.74) is 1.26. The summed E-state index contributed by atoms with van der Waals surface area (Å²) >= 11 is 0. The second-order valence-electron chi connectivity index (χ2n) is 1.81. The van der Waals surface area contributed by atoms with Gasteiger partial charge in [-0.1, -0.05) is 0 Å². The molecule has 0 aliphatic carbocycles. The lowest BCUT2D eigenvalue weighted by Crippen LogP contribution is -1.56. The molecule has 2 nitrogen and oxygen atoms in total. The Hall–Kier alpha value is -1.25. The maximum atomic E-state index is 12.2. The van der Waals surface area contributed by atoms with Crippen LogP contribution >= 0.6 is 0 Å². The van der Waals surface area contributed by atoms with Gasteiger partial charge in [-0.05, 0) is 6.07 Å². The smallest absolute Gasteiger partial charge is 0.280 e. The van der Waals surface area contributed by atoms with Crippen LogP contribution in [-0.2, 0) is 0 Å². The Labute approximate surface area is 50.3 Å². The molecular formula is C6H4FNO. The van der Waals surface area contributed by atoms with Crippen LogP contribution in [0.3, 0.4) is 0 Å². The molecule has 0 aliphatic rings. The van der Waals surface area contributed by atoms with Crippen molar-refractivity contribution in [3.63, 3.8) is 0 Å². The third kappa shape index (κ3) is 0.543. The van der Waals surface area contributed by atoms with Crippen LogP contribution in [0, 0.1) is 6.01 Å². The van der Waals surface area contributed by atoms with Crippen molar-refractivity contribution < 1.29 is 8.81 Å². The van der Waals surface area contributed by atoms with E-state index in [9.17, 15) is 4.39 Å². The Bertz CT molecular complexity index is 294. The van der Waals surface area contributed by atoms with Crippen LogP contribution in [0.4, 0.5) is 4.39 Å². The highest BCUT2D eigenvalue weighted by Gasteiger charge is 2.00. The first-order valence-corrected chi connectivity index (χ1v) is 2.59. The molecule has 2 aromatic rings. The number of nitrogens with one attached hydrogen (secondary N) is 1. The predicted octanol–water partition coefficient (Wildman–Crippen LogP) is 1.90. The molecule has 2 heterocycles. The average molecular weight is 125 g/mol. The standard InChI is InChI=1S/C6H4FNO/c7-6-3-4-5(9-6)1-2-8-4/h1-3,8H. The molecule has 0 saturated heterocycles. The van der Waals surface area contributed by atoms with Gasteiger partial charge in [-0.15, -0.1) is 0 Å². The molecule has 0 aromatic carbocycles. The molecule has 1 N–H and O–H groups in total. The van der Waals surface area contributed by atoms with Gasteiger partial charge >= 0.3 is 0 Å². The summed E-state index contributed by atoms with van der Waals surface area (Å²) in [5, 5.41) is 0. The average Bonchev–Trinajstić information content (AvgIpc) is 2.22. The SMILES string of the molecule is Fc1cc2[nH]ccc2o1. The first-order valence-electron chi connectivity index (χ1n) is 2.59. The number of H-pyrrole nitrogens is 1. The quantitative estimate of drug-likeness (QED) is 0.572. The monoisotopic (exact) mass is 125 g/mol.